The van der Waals surface area contributed by atoms with E-state index in [9.17, 15) is 9.90 Å². The molecule has 1 N–H and O–H groups in total. The van der Waals surface area contributed by atoms with E-state index in [0.29, 0.717) is 18.7 Å². The van der Waals surface area contributed by atoms with Gasteiger partial charge in [0.2, 0.25) is 0 Å². The van der Waals surface area contributed by atoms with Crippen LogP contribution in [0.2, 0.25) is 0 Å². The van der Waals surface area contributed by atoms with Gasteiger partial charge in [0.25, 0.3) is 0 Å². The number of carbonyl (C=O) groups is 1. The van der Waals surface area contributed by atoms with Crippen LogP contribution in [0.4, 0.5) is 0 Å². The van der Waals surface area contributed by atoms with Crippen LogP contribution in [0.15, 0.2) is 0 Å². The molecule has 0 fully saturated rings. The van der Waals surface area contributed by atoms with Gasteiger partial charge in [-0.05, 0) is 29.7 Å². The predicted molar refractivity (Wildman–Crippen MR) is 67.3 cm³/mol. The van der Waals surface area contributed by atoms with Crippen molar-refractivity contribution in [2.45, 2.75) is 64.8 Å². The lowest BCUT2D eigenvalue weighted by Crippen LogP contribution is -2.43. The molecule has 0 radical (unpaired) electrons. The fourth-order valence-corrected chi connectivity index (χ4v) is 2.31. The van der Waals surface area contributed by atoms with Gasteiger partial charge in [-0.1, -0.05) is 34.1 Å². The van der Waals surface area contributed by atoms with Crippen LogP contribution in [0.1, 0.15) is 65.1 Å². The third-order valence-electron chi connectivity index (χ3n) is 3.63. The van der Waals surface area contributed by atoms with Crippen LogP contribution in [0.3, 0.4) is 0 Å². The Hall–Kier alpha value is -1.46. The first-order valence-corrected chi connectivity index (χ1v) is 6.55. The number of hydrogen-bond donors (Lipinski definition) is 1. The van der Waals surface area contributed by atoms with Gasteiger partial charge in [0.05, 0.1) is 0 Å². The minimum Gasteiger partial charge on any atom is -0.479 e. The fraction of sp³-hybridized carbons (Fsp3) is 0.833. The van der Waals surface area contributed by atoms with Crippen molar-refractivity contribution in [1.82, 2.24) is 20.2 Å². The third kappa shape index (κ3) is 2.37. The highest BCUT2D eigenvalue weighted by Gasteiger charge is 2.40. The van der Waals surface area contributed by atoms with E-state index >= 15 is 0 Å². The normalized spacial score (nSPS) is 13.6. The van der Waals surface area contributed by atoms with E-state index < -0.39 is 11.5 Å². The largest absolute Gasteiger partial charge is 0.479 e. The number of nitrogens with zero attached hydrogens (tertiary/aromatic N) is 4. The number of tetrazole rings is 1. The maximum Gasteiger partial charge on any atom is 0.331 e. The van der Waals surface area contributed by atoms with E-state index in [0.717, 1.165) is 12.8 Å². The lowest BCUT2D eigenvalue weighted by Gasteiger charge is -2.28. The van der Waals surface area contributed by atoms with Gasteiger partial charge in [-0.3, -0.25) is 0 Å². The van der Waals surface area contributed by atoms with Crippen LogP contribution in [0.25, 0.3) is 0 Å². The van der Waals surface area contributed by atoms with E-state index in [1.54, 1.807) is 0 Å². The summed E-state index contributed by atoms with van der Waals surface area (Å²) in [5.41, 5.74) is -1.03. The summed E-state index contributed by atoms with van der Waals surface area (Å²) in [6.45, 7) is 7.83. The molecule has 0 aliphatic carbocycles. The zero-order valence-corrected chi connectivity index (χ0v) is 11.6. The first-order valence-electron chi connectivity index (χ1n) is 6.55. The Morgan fingerprint density at radius 1 is 1.39 bits per heavy atom. The monoisotopic (exact) mass is 254 g/mol. The maximum atomic E-state index is 11.6. The molecule has 1 aromatic heterocycles. The van der Waals surface area contributed by atoms with Crippen molar-refractivity contribution >= 4 is 5.97 Å². The molecule has 18 heavy (non-hydrogen) atoms. The second kappa shape index (κ2) is 5.93. The molecule has 0 saturated heterocycles. The Morgan fingerprint density at radius 3 is 2.44 bits per heavy atom. The number of aromatic nitrogens is 4. The van der Waals surface area contributed by atoms with Crippen molar-refractivity contribution in [2.75, 3.05) is 0 Å². The van der Waals surface area contributed by atoms with Crippen LogP contribution in [-0.4, -0.2) is 31.3 Å². The fourth-order valence-electron chi connectivity index (χ4n) is 2.31. The van der Waals surface area contributed by atoms with Crippen molar-refractivity contribution < 1.29 is 9.90 Å². The minimum atomic E-state index is -1.03. The minimum absolute atomic E-state index is 0.168. The zero-order valence-electron chi connectivity index (χ0n) is 11.6. The summed E-state index contributed by atoms with van der Waals surface area (Å²) in [5, 5.41) is 21.1. The van der Waals surface area contributed by atoms with Crippen molar-refractivity contribution in [3.05, 3.63) is 5.82 Å². The average Bonchev–Trinajstić information content (AvgIpc) is 2.81. The van der Waals surface area contributed by atoms with E-state index in [2.05, 4.69) is 22.4 Å². The third-order valence-corrected chi connectivity index (χ3v) is 3.63. The lowest BCUT2D eigenvalue weighted by molar-refractivity contribution is -0.149. The average molecular weight is 254 g/mol. The lowest BCUT2D eigenvalue weighted by atomic mass is 9.92. The van der Waals surface area contributed by atoms with Crippen molar-refractivity contribution in [1.29, 1.82) is 0 Å². The second-order valence-electron chi connectivity index (χ2n) is 4.68. The molecule has 0 spiro atoms. The van der Waals surface area contributed by atoms with Gasteiger partial charge in [-0.25, -0.2) is 9.48 Å². The summed E-state index contributed by atoms with van der Waals surface area (Å²) in [7, 11) is 0. The van der Waals surface area contributed by atoms with Crippen LogP contribution < -0.4 is 0 Å². The molecule has 1 rings (SSSR count). The molecule has 102 valence electrons. The summed E-state index contributed by atoms with van der Waals surface area (Å²) >= 11 is 0. The molecule has 0 aliphatic rings. The SMILES string of the molecule is CCCC(C)c1nnnn1C(CC)(CC)C(=O)O. The van der Waals surface area contributed by atoms with Gasteiger partial charge >= 0.3 is 5.97 Å². The molecular weight excluding hydrogens is 232 g/mol. The summed E-state index contributed by atoms with van der Waals surface area (Å²) < 4.78 is 1.51. The van der Waals surface area contributed by atoms with Crippen LogP contribution in [0.5, 0.6) is 0 Å². The molecule has 6 heteroatoms. The topological polar surface area (TPSA) is 80.9 Å². The highest BCUT2D eigenvalue weighted by molar-refractivity contribution is 5.76. The van der Waals surface area contributed by atoms with E-state index in [-0.39, 0.29) is 5.92 Å². The van der Waals surface area contributed by atoms with Gasteiger partial charge in [0.15, 0.2) is 11.4 Å². The summed E-state index contributed by atoms with van der Waals surface area (Å²) in [6, 6.07) is 0. The molecule has 0 aliphatic heterocycles. The Labute approximate surface area is 107 Å². The Kier molecular flexibility index (Phi) is 4.81. The van der Waals surface area contributed by atoms with E-state index in [1.807, 2.05) is 20.8 Å². The molecule has 0 saturated carbocycles. The van der Waals surface area contributed by atoms with Gasteiger partial charge < -0.3 is 5.11 Å². The maximum absolute atomic E-state index is 11.6. The molecule has 1 unspecified atom stereocenters. The van der Waals surface area contributed by atoms with Crippen LogP contribution >= 0.6 is 0 Å². The van der Waals surface area contributed by atoms with Gasteiger partial charge in [-0.15, -0.1) is 5.10 Å². The Balaban J connectivity index is 3.22. The molecule has 1 heterocycles. The number of hydrogen-bond acceptors (Lipinski definition) is 4. The smallest absolute Gasteiger partial charge is 0.331 e. The van der Waals surface area contributed by atoms with Gasteiger partial charge in [-0.2, -0.15) is 0 Å². The summed E-state index contributed by atoms with van der Waals surface area (Å²) in [4.78, 5) is 11.6. The summed E-state index contributed by atoms with van der Waals surface area (Å²) in [5.74, 6) is -0.0328. The highest BCUT2D eigenvalue weighted by atomic mass is 16.4. The highest BCUT2D eigenvalue weighted by Crippen LogP contribution is 2.29. The molecule has 0 bridgehead atoms. The predicted octanol–water partition coefficient (Wildman–Crippen LogP) is 2.18. The number of carboxylic acids is 1. The van der Waals surface area contributed by atoms with Gasteiger partial charge in [0.1, 0.15) is 0 Å². The standard InChI is InChI=1S/C12H22N4O2/c1-5-8-9(4)10-13-14-15-16(10)12(6-2,7-3)11(17)18/h9H,5-8H2,1-4H3,(H,17,18). The first-order chi connectivity index (χ1) is 8.53. The molecule has 1 atom stereocenters. The van der Waals surface area contributed by atoms with E-state index in [1.165, 1.54) is 4.68 Å². The van der Waals surface area contributed by atoms with Crippen LogP contribution in [0, 0.1) is 0 Å². The second-order valence-corrected chi connectivity index (χ2v) is 4.68. The first kappa shape index (κ1) is 14.6. The Bertz CT molecular complexity index is 399. The molecule has 0 amide bonds. The zero-order chi connectivity index (χ0) is 13.8. The number of carboxylic acid groups (broad SMARTS) is 1. The van der Waals surface area contributed by atoms with Crippen molar-refractivity contribution in [2.24, 2.45) is 0 Å². The quantitative estimate of drug-likeness (QED) is 0.806. The Morgan fingerprint density at radius 2 is 2.00 bits per heavy atom. The summed E-state index contributed by atoms with van der Waals surface area (Å²) in [6.07, 6.45) is 2.90. The van der Waals surface area contributed by atoms with Crippen molar-refractivity contribution in [3.8, 4) is 0 Å². The molecule has 6 nitrogen and oxygen atoms in total. The van der Waals surface area contributed by atoms with Crippen molar-refractivity contribution in [3.63, 3.8) is 0 Å². The van der Waals surface area contributed by atoms with Gasteiger partial charge in [0, 0.05) is 5.92 Å². The van der Waals surface area contributed by atoms with Crippen LogP contribution in [-0.2, 0) is 10.3 Å². The molecule has 1 aromatic rings. The molecular formula is C12H22N4O2. The number of aliphatic carboxylic acids is 1. The molecule has 0 aromatic carbocycles. The van der Waals surface area contributed by atoms with E-state index in [4.69, 9.17) is 0 Å². The number of rotatable bonds is 7.